The van der Waals surface area contributed by atoms with Crippen LogP contribution >= 0.6 is 11.3 Å². The Morgan fingerprint density at radius 3 is 2.13 bits per heavy atom. The third kappa shape index (κ3) is 2.33. The van der Waals surface area contributed by atoms with Crippen molar-refractivity contribution in [2.45, 2.75) is 33.1 Å². The van der Waals surface area contributed by atoms with Gasteiger partial charge in [0.1, 0.15) is 0 Å². The van der Waals surface area contributed by atoms with E-state index in [-0.39, 0.29) is 5.41 Å². The largest absolute Gasteiger partial charge is 0.135 e. The second-order valence-electron chi connectivity index (χ2n) is 9.14. The lowest BCUT2D eigenvalue weighted by Gasteiger charge is -2.23. The average Bonchev–Trinajstić information content (AvgIpc) is 3.19. The summed E-state index contributed by atoms with van der Waals surface area (Å²) in [6, 6.07) is 27.3. The molecule has 146 valence electrons. The summed E-state index contributed by atoms with van der Waals surface area (Å²) in [5, 5.41) is 2.74. The first-order chi connectivity index (χ1) is 14.4. The minimum Gasteiger partial charge on any atom is -0.135 e. The normalized spacial score (nSPS) is 14.3. The topological polar surface area (TPSA) is 0 Å². The minimum atomic E-state index is 0.0292. The second-order valence-corrected chi connectivity index (χ2v) is 10.2. The molecular formula is C29H24S. The molecule has 0 N–H and O–H groups in total. The molecule has 0 unspecified atom stereocenters. The van der Waals surface area contributed by atoms with E-state index in [0.717, 1.165) is 0 Å². The summed E-state index contributed by atoms with van der Waals surface area (Å²) >= 11 is 1.90. The quantitative estimate of drug-likeness (QED) is 0.262. The third-order valence-corrected chi connectivity index (χ3v) is 8.08. The van der Waals surface area contributed by atoms with Crippen LogP contribution in [-0.4, -0.2) is 0 Å². The average molecular weight is 405 g/mol. The highest BCUT2D eigenvalue weighted by molar-refractivity contribution is 7.25. The summed E-state index contributed by atoms with van der Waals surface area (Å²) < 4.78 is 2.75. The molecule has 1 aliphatic rings. The molecule has 4 aromatic carbocycles. The van der Waals surface area contributed by atoms with Crippen molar-refractivity contribution in [3.05, 3.63) is 95.1 Å². The Morgan fingerprint density at radius 1 is 0.567 bits per heavy atom. The molecule has 0 atom stereocenters. The van der Waals surface area contributed by atoms with Gasteiger partial charge in [0.25, 0.3) is 0 Å². The summed E-state index contributed by atoms with van der Waals surface area (Å²) in [6.07, 6.45) is 0. The van der Waals surface area contributed by atoms with Crippen LogP contribution in [0.25, 0.3) is 42.4 Å². The molecule has 1 aromatic heterocycles. The van der Waals surface area contributed by atoms with Crippen LogP contribution in [0.5, 0.6) is 0 Å². The van der Waals surface area contributed by atoms with Gasteiger partial charge in [-0.3, -0.25) is 0 Å². The van der Waals surface area contributed by atoms with E-state index >= 15 is 0 Å². The molecule has 30 heavy (non-hydrogen) atoms. The van der Waals surface area contributed by atoms with Crippen LogP contribution in [-0.2, 0) is 5.41 Å². The van der Waals surface area contributed by atoms with Crippen molar-refractivity contribution in [2.75, 3.05) is 0 Å². The summed E-state index contributed by atoms with van der Waals surface area (Å²) in [6.45, 7) is 9.24. The Labute approximate surface area is 181 Å². The maximum Gasteiger partial charge on any atom is 0.0358 e. The number of aryl methyl sites for hydroxylation is 2. The van der Waals surface area contributed by atoms with Crippen LogP contribution in [0.3, 0.4) is 0 Å². The third-order valence-electron chi connectivity index (χ3n) is 6.94. The molecule has 0 saturated carbocycles. The molecule has 1 aliphatic carbocycles. The van der Waals surface area contributed by atoms with Crippen LogP contribution in [0.2, 0.25) is 0 Å². The number of rotatable bonds is 1. The molecule has 5 aromatic rings. The van der Waals surface area contributed by atoms with Gasteiger partial charge >= 0.3 is 0 Å². The second kappa shape index (κ2) is 6.06. The van der Waals surface area contributed by atoms with Crippen molar-refractivity contribution in [2.24, 2.45) is 0 Å². The van der Waals surface area contributed by atoms with E-state index in [1.54, 1.807) is 0 Å². The highest BCUT2D eigenvalue weighted by Crippen LogP contribution is 2.50. The van der Waals surface area contributed by atoms with Gasteiger partial charge in [-0.05, 0) is 82.6 Å². The zero-order valence-corrected chi connectivity index (χ0v) is 18.7. The van der Waals surface area contributed by atoms with E-state index < -0.39 is 0 Å². The summed E-state index contributed by atoms with van der Waals surface area (Å²) in [7, 11) is 0. The summed E-state index contributed by atoms with van der Waals surface area (Å²) in [4.78, 5) is 0. The molecule has 0 radical (unpaired) electrons. The number of benzene rings is 4. The van der Waals surface area contributed by atoms with Crippen LogP contribution < -0.4 is 0 Å². The molecule has 1 heteroatoms. The van der Waals surface area contributed by atoms with Crippen LogP contribution in [0.4, 0.5) is 0 Å². The molecule has 0 nitrogen and oxygen atoms in total. The first kappa shape index (κ1) is 17.9. The van der Waals surface area contributed by atoms with Crippen molar-refractivity contribution in [1.82, 2.24) is 0 Å². The van der Waals surface area contributed by atoms with Gasteiger partial charge in [0.2, 0.25) is 0 Å². The predicted octanol–water partition coefficient (Wildman–Crippen LogP) is 8.64. The predicted molar refractivity (Wildman–Crippen MR) is 132 cm³/mol. The zero-order valence-electron chi connectivity index (χ0n) is 17.8. The maximum absolute atomic E-state index is 2.47. The van der Waals surface area contributed by atoms with Crippen LogP contribution in [0, 0.1) is 13.8 Å². The van der Waals surface area contributed by atoms with Crippen molar-refractivity contribution < 1.29 is 0 Å². The molecule has 0 fully saturated rings. The van der Waals surface area contributed by atoms with Crippen molar-refractivity contribution >= 4 is 31.5 Å². The van der Waals surface area contributed by atoms with E-state index in [2.05, 4.69) is 100 Å². The summed E-state index contributed by atoms with van der Waals surface area (Å²) in [5.74, 6) is 0. The Hall–Kier alpha value is -2.90. The highest BCUT2D eigenvalue weighted by atomic mass is 32.1. The van der Waals surface area contributed by atoms with E-state index in [1.807, 2.05) is 11.3 Å². The van der Waals surface area contributed by atoms with Gasteiger partial charge in [-0.1, -0.05) is 62.4 Å². The zero-order chi connectivity index (χ0) is 20.6. The van der Waals surface area contributed by atoms with Crippen molar-refractivity contribution in [3.63, 3.8) is 0 Å². The van der Waals surface area contributed by atoms with Gasteiger partial charge in [-0.2, -0.15) is 0 Å². The first-order valence-electron chi connectivity index (χ1n) is 10.6. The highest BCUT2D eigenvalue weighted by Gasteiger charge is 2.35. The summed E-state index contributed by atoms with van der Waals surface area (Å²) in [5.41, 5.74) is 11.1. The Balaban J connectivity index is 1.63. The SMILES string of the molecule is Cc1cc2c(cc1-c1cc3c(cc1C)sc1ccccc13)C(C)(C)c1ccccc1-2. The Kier molecular flexibility index (Phi) is 3.62. The lowest BCUT2D eigenvalue weighted by molar-refractivity contribution is 0.660. The van der Waals surface area contributed by atoms with Gasteiger partial charge in [-0.25, -0.2) is 0 Å². The molecule has 0 saturated heterocycles. The van der Waals surface area contributed by atoms with Gasteiger partial charge in [0.05, 0.1) is 0 Å². The van der Waals surface area contributed by atoms with Crippen LogP contribution in [0.1, 0.15) is 36.1 Å². The van der Waals surface area contributed by atoms with Gasteiger partial charge in [0.15, 0.2) is 0 Å². The lowest BCUT2D eigenvalue weighted by atomic mass is 9.80. The number of thiophene rings is 1. The number of hydrogen-bond donors (Lipinski definition) is 0. The number of fused-ring (bicyclic) bond motifs is 6. The minimum absolute atomic E-state index is 0.0292. The fraction of sp³-hybridized carbons (Fsp3) is 0.172. The molecule has 0 spiro atoms. The van der Waals surface area contributed by atoms with Gasteiger partial charge in [-0.15, -0.1) is 11.3 Å². The maximum atomic E-state index is 2.47. The lowest BCUT2D eigenvalue weighted by Crippen LogP contribution is -2.15. The standard InChI is InChI=1S/C29H24S/c1-17-13-23-19-9-5-7-11-25(19)29(3,4)26(23)16-22(17)21-15-24-20-10-6-8-12-27(20)30-28(24)14-18(21)2/h5-16H,1-4H3. The van der Waals surface area contributed by atoms with Crippen molar-refractivity contribution in [3.8, 4) is 22.3 Å². The molecule has 1 heterocycles. The molecule has 0 aliphatic heterocycles. The number of hydrogen-bond acceptors (Lipinski definition) is 1. The Morgan fingerprint density at radius 2 is 1.27 bits per heavy atom. The van der Waals surface area contributed by atoms with Crippen molar-refractivity contribution in [1.29, 1.82) is 0 Å². The molecule has 0 amide bonds. The van der Waals surface area contributed by atoms with Crippen LogP contribution in [0.15, 0.2) is 72.8 Å². The van der Waals surface area contributed by atoms with E-state index in [1.165, 1.54) is 64.7 Å². The van der Waals surface area contributed by atoms with Gasteiger partial charge in [0, 0.05) is 25.6 Å². The molecule has 6 rings (SSSR count). The fourth-order valence-corrected chi connectivity index (χ4v) is 6.50. The first-order valence-corrected chi connectivity index (χ1v) is 11.4. The Bertz CT molecular complexity index is 1480. The molecular weight excluding hydrogens is 380 g/mol. The van der Waals surface area contributed by atoms with E-state index in [4.69, 9.17) is 0 Å². The molecule has 0 bridgehead atoms. The van der Waals surface area contributed by atoms with E-state index in [9.17, 15) is 0 Å². The monoisotopic (exact) mass is 404 g/mol. The fourth-order valence-electron chi connectivity index (χ4n) is 5.31. The van der Waals surface area contributed by atoms with Gasteiger partial charge < -0.3 is 0 Å². The smallest absolute Gasteiger partial charge is 0.0358 e. The van der Waals surface area contributed by atoms with E-state index in [0.29, 0.717) is 0 Å².